The molecule has 0 aromatic carbocycles. The Morgan fingerprint density at radius 3 is 2.57 bits per heavy atom. The number of thiophene rings is 1. The quantitative estimate of drug-likeness (QED) is 0.859. The monoisotopic (exact) mass is 275 g/mol. The first-order valence-electron chi connectivity index (χ1n) is 4.54. The molecule has 0 saturated carbocycles. The van der Waals surface area contributed by atoms with Crippen molar-refractivity contribution in [3.63, 3.8) is 0 Å². The second-order valence-corrected chi connectivity index (χ2v) is 5.18. The lowest BCUT2D eigenvalue weighted by atomic mass is 9.89. The number of hydrogen-bond donors (Lipinski definition) is 1. The van der Waals surface area contributed by atoms with Gasteiger partial charge in [0.25, 0.3) is 0 Å². The van der Waals surface area contributed by atoms with Crippen LogP contribution in [0, 0.1) is 11.8 Å². The average Bonchev–Trinajstić information content (AvgIpc) is 2.51. The SMILES string of the molecule is CC(C)C(CN)C(=O)c1cscc1Br. The van der Waals surface area contributed by atoms with Crippen LogP contribution in [-0.2, 0) is 0 Å². The van der Waals surface area contributed by atoms with E-state index in [0.717, 1.165) is 10.0 Å². The third-order valence-electron chi connectivity index (χ3n) is 2.28. The van der Waals surface area contributed by atoms with Gasteiger partial charge in [-0.1, -0.05) is 13.8 Å². The smallest absolute Gasteiger partial charge is 0.169 e. The van der Waals surface area contributed by atoms with Crippen LogP contribution in [0.2, 0.25) is 0 Å². The van der Waals surface area contributed by atoms with Crippen LogP contribution in [0.4, 0.5) is 0 Å². The minimum Gasteiger partial charge on any atom is -0.330 e. The van der Waals surface area contributed by atoms with Gasteiger partial charge in [-0.25, -0.2) is 0 Å². The van der Waals surface area contributed by atoms with Gasteiger partial charge in [-0.05, 0) is 21.8 Å². The van der Waals surface area contributed by atoms with Crippen molar-refractivity contribution >= 4 is 33.0 Å². The van der Waals surface area contributed by atoms with E-state index in [0.29, 0.717) is 12.5 Å². The normalized spacial score (nSPS) is 13.2. The Bertz CT molecular complexity index is 322. The fraction of sp³-hybridized carbons (Fsp3) is 0.500. The largest absolute Gasteiger partial charge is 0.330 e. The maximum atomic E-state index is 12.0. The minimum absolute atomic E-state index is 0.0686. The number of nitrogens with two attached hydrogens (primary N) is 1. The maximum Gasteiger partial charge on any atom is 0.169 e. The highest BCUT2D eigenvalue weighted by Gasteiger charge is 2.23. The number of hydrogen-bond acceptors (Lipinski definition) is 3. The summed E-state index contributed by atoms with van der Waals surface area (Å²) < 4.78 is 0.881. The predicted molar refractivity (Wildman–Crippen MR) is 63.7 cm³/mol. The summed E-state index contributed by atoms with van der Waals surface area (Å²) in [6, 6.07) is 0. The fourth-order valence-electron chi connectivity index (χ4n) is 1.34. The highest BCUT2D eigenvalue weighted by Crippen LogP contribution is 2.26. The molecule has 0 saturated heterocycles. The summed E-state index contributed by atoms with van der Waals surface area (Å²) in [6.07, 6.45) is 0. The second kappa shape index (κ2) is 5.05. The molecule has 2 nitrogen and oxygen atoms in total. The molecule has 0 bridgehead atoms. The van der Waals surface area contributed by atoms with E-state index in [2.05, 4.69) is 15.9 Å². The lowest BCUT2D eigenvalue weighted by molar-refractivity contribution is 0.0892. The first kappa shape index (κ1) is 11.9. The molecule has 0 aliphatic heterocycles. The number of halogens is 1. The lowest BCUT2D eigenvalue weighted by Gasteiger charge is -2.16. The van der Waals surface area contributed by atoms with Gasteiger partial charge in [0.1, 0.15) is 0 Å². The molecule has 0 fully saturated rings. The van der Waals surface area contributed by atoms with E-state index in [9.17, 15) is 4.79 Å². The molecular weight excluding hydrogens is 262 g/mol. The molecule has 1 atom stereocenters. The average molecular weight is 276 g/mol. The molecule has 0 aliphatic rings. The van der Waals surface area contributed by atoms with Crippen LogP contribution < -0.4 is 5.73 Å². The lowest BCUT2D eigenvalue weighted by Crippen LogP contribution is -2.28. The van der Waals surface area contributed by atoms with Crippen LogP contribution in [0.15, 0.2) is 15.2 Å². The summed E-state index contributed by atoms with van der Waals surface area (Å²) in [5, 5.41) is 3.79. The Hall–Kier alpha value is -0.190. The van der Waals surface area contributed by atoms with Crippen LogP contribution >= 0.6 is 27.3 Å². The van der Waals surface area contributed by atoms with Gasteiger partial charge in [-0.2, -0.15) is 11.3 Å². The first-order valence-corrected chi connectivity index (χ1v) is 6.27. The van der Waals surface area contributed by atoms with E-state index in [1.807, 2.05) is 24.6 Å². The summed E-state index contributed by atoms with van der Waals surface area (Å²) in [7, 11) is 0. The van der Waals surface area contributed by atoms with Gasteiger partial charge < -0.3 is 5.73 Å². The van der Waals surface area contributed by atoms with Gasteiger partial charge >= 0.3 is 0 Å². The molecule has 1 aromatic rings. The maximum absolute atomic E-state index is 12.0. The molecule has 2 N–H and O–H groups in total. The van der Waals surface area contributed by atoms with Crippen LogP contribution in [0.3, 0.4) is 0 Å². The molecule has 14 heavy (non-hydrogen) atoms. The molecule has 1 unspecified atom stereocenters. The summed E-state index contributed by atoms with van der Waals surface area (Å²) in [5.74, 6) is 0.371. The molecule has 1 rings (SSSR count). The van der Waals surface area contributed by atoms with Crippen molar-refractivity contribution in [2.75, 3.05) is 6.54 Å². The molecular formula is C10H14BrNOS. The Morgan fingerprint density at radius 1 is 1.57 bits per heavy atom. The predicted octanol–water partition coefficient (Wildman–Crippen LogP) is 2.92. The van der Waals surface area contributed by atoms with Crippen LogP contribution in [0.5, 0.6) is 0 Å². The number of Topliss-reactive ketones (excluding diaryl/α,β-unsaturated/α-hetero) is 1. The number of ketones is 1. The zero-order valence-electron chi connectivity index (χ0n) is 8.29. The highest BCUT2D eigenvalue weighted by molar-refractivity contribution is 9.10. The third kappa shape index (κ3) is 2.43. The molecule has 78 valence electrons. The van der Waals surface area contributed by atoms with Gasteiger partial charge in [-0.3, -0.25) is 4.79 Å². The standard InChI is InChI=1S/C10H14BrNOS/c1-6(2)7(3-12)10(13)8-4-14-5-9(8)11/h4-7H,3,12H2,1-2H3. The van der Waals surface area contributed by atoms with Crippen molar-refractivity contribution in [3.05, 3.63) is 20.8 Å². The molecule has 4 heteroatoms. The van der Waals surface area contributed by atoms with Crippen molar-refractivity contribution in [2.45, 2.75) is 13.8 Å². The molecule has 0 amide bonds. The van der Waals surface area contributed by atoms with Crippen molar-refractivity contribution < 1.29 is 4.79 Å². The Kier molecular flexibility index (Phi) is 4.29. The van der Waals surface area contributed by atoms with E-state index in [1.54, 1.807) is 0 Å². The van der Waals surface area contributed by atoms with Crippen LogP contribution in [0.1, 0.15) is 24.2 Å². The first-order chi connectivity index (χ1) is 6.57. The summed E-state index contributed by atoms with van der Waals surface area (Å²) in [5.41, 5.74) is 6.36. The molecule has 1 heterocycles. The Balaban J connectivity index is 2.89. The molecule has 0 aliphatic carbocycles. The summed E-state index contributed by atoms with van der Waals surface area (Å²) in [4.78, 5) is 12.0. The number of rotatable bonds is 4. The van der Waals surface area contributed by atoms with E-state index in [1.165, 1.54) is 11.3 Å². The Labute approximate surface area is 96.6 Å². The highest BCUT2D eigenvalue weighted by atomic mass is 79.9. The zero-order valence-corrected chi connectivity index (χ0v) is 10.7. The van der Waals surface area contributed by atoms with Gasteiger partial charge in [0, 0.05) is 33.3 Å². The van der Waals surface area contributed by atoms with E-state index in [4.69, 9.17) is 5.73 Å². The summed E-state index contributed by atoms with van der Waals surface area (Å²) >= 11 is 4.89. The molecule has 1 aromatic heterocycles. The number of carbonyl (C=O) groups is 1. The fourth-order valence-corrected chi connectivity index (χ4v) is 2.82. The molecule has 0 radical (unpaired) electrons. The third-order valence-corrected chi connectivity index (χ3v) is 3.98. The van der Waals surface area contributed by atoms with E-state index in [-0.39, 0.29) is 11.7 Å². The summed E-state index contributed by atoms with van der Waals surface area (Å²) in [6.45, 7) is 4.46. The van der Waals surface area contributed by atoms with Gasteiger partial charge in [0.05, 0.1) is 0 Å². The van der Waals surface area contributed by atoms with Crippen LogP contribution in [0.25, 0.3) is 0 Å². The zero-order chi connectivity index (χ0) is 10.7. The van der Waals surface area contributed by atoms with E-state index < -0.39 is 0 Å². The number of carbonyl (C=O) groups excluding carboxylic acids is 1. The van der Waals surface area contributed by atoms with Gasteiger partial charge in [0.2, 0.25) is 0 Å². The van der Waals surface area contributed by atoms with Crippen molar-refractivity contribution in [3.8, 4) is 0 Å². The van der Waals surface area contributed by atoms with Gasteiger partial charge in [-0.15, -0.1) is 0 Å². The molecule has 0 spiro atoms. The topological polar surface area (TPSA) is 43.1 Å². The Morgan fingerprint density at radius 2 is 2.21 bits per heavy atom. The van der Waals surface area contributed by atoms with Crippen LogP contribution in [-0.4, -0.2) is 12.3 Å². The second-order valence-electron chi connectivity index (χ2n) is 3.58. The van der Waals surface area contributed by atoms with E-state index >= 15 is 0 Å². The van der Waals surface area contributed by atoms with Crippen molar-refractivity contribution in [2.24, 2.45) is 17.6 Å². The van der Waals surface area contributed by atoms with Crippen molar-refractivity contribution in [1.29, 1.82) is 0 Å². The van der Waals surface area contributed by atoms with Gasteiger partial charge in [0.15, 0.2) is 5.78 Å². The minimum atomic E-state index is -0.0686. The van der Waals surface area contributed by atoms with Crippen molar-refractivity contribution in [1.82, 2.24) is 0 Å².